The van der Waals surface area contributed by atoms with E-state index in [2.05, 4.69) is 41.6 Å². The first-order valence-corrected chi connectivity index (χ1v) is 10.2. The second kappa shape index (κ2) is 11.7. The van der Waals surface area contributed by atoms with Crippen LogP contribution >= 0.6 is 0 Å². The van der Waals surface area contributed by atoms with Crippen molar-refractivity contribution in [1.29, 1.82) is 0 Å². The molecular formula is C21H36N4O2. The molecule has 1 saturated heterocycles. The van der Waals surface area contributed by atoms with Crippen LogP contribution < -0.4 is 20.1 Å². The summed E-state index contributed by atoms with van der Waals surface area (Å²) in [7, 11) is 2.18. The first kappa shape index (κ1) is 21.4. The van der Waals surface area contributed by atoms with Gasteiger partial charge in [-0.2, -0.15) is 0 Å². The van der Waals surface area contributed by atoms with E-state index in [9.17, 15) is 0 Å². The third-order valence-corrected chi connectivity index (χ3v) is 4.65. The van der Waals surface area contributed by atoms with E-state index in [4.69, 9.17) is 14.5 Å². The lowest BCUT2D eigenvalue weighted by atomic mass is 10.1. The highest BCUT2D eigenvalue weighted by Crippen LogP contribution is 2.28. The normalized spacial score (nSPS) is 17.8. The number of ether oxygens (including phenoxy) is 2. The quantitative estimate of drug-likeness (QED) is 0.485. The van der Waals surface area contributed by atoms with Gasteiger partial charge >= 0.3 is 0 Å². The highest BCUT2D eigenvalue weighted by atomic mass is 16.5. The molecule has 152 valence electrons. The van der Waals surface area contributed by atoms with E-state index in [1.807, 2.05) is 19.9 Å². The topological polar surface area (TPSA) is 58.1 Å². The summed E-state index contributed by atoms with van der Waals surface area (Å²) in [6.45, 7) is 12.3. The number of nitrogens with zero attached hydrogens (tertiary/aromatic N) is 2. The Labute approximate surface area is 164 Å². The van der Waals surface area contributed by atoms with Gasteiger partial charge in [0.15, 0.2) is 17.5 Å². The molecule has 27 heavy (non-hydrogen) atoms. The third kappa shape index (κ3) is 7.29. The Balaban J connectivity index is 1.87. The fraction of sp³-hybridized carbons (Fsp3) is 0.667. The molecule has 6 nitrogen and oxygen atoms in total. The maximum atomic E-state index is 5.71. The molecule has 1 fully saturated rings. The van der Waals surface area contributed by atoms with Crippen LogP contribution in [0.5, 0.6) is 11.5 Å². The standard InChI is InChI=1S/C21H36N4O2/c1-5-22-21(24-15-18-11-13-25(4)16-18)23-12-10-17-8-9-19(26-6-2)20(14-17)27-7-3/h8-9,14,18H,5-7,10-13,15-16H2,1-4H3,(H2,22,23,24). The molecule has 0 amide bonds. The minimum atomic E-state index is 0.634. The average molecular weight is 377 g/mol. The van der Waals surface area contributed by atoms with E-state index in [1.165, 1.54) is 18.5 Å². The Hall–Kier alpha value is -1.95. The van der Waals surface area contributed by atoms with E-state index in [1.54, 1.807) is 0 Å². The van der Waals surface area contributed by atoms with Crippen molar-refractivity contribution in [1.82, 2.24) is 15.5 Å². The van der Waals surface area contributed by atoms with Gasteiger partial charge in [-0.25, -0.2) is 0 Å². The van der Waals surface area contributed by atoms with Crippen LogP contribution in [0.2, 0.25) is 0 Å². The molecule has 1 atom stereocenters. The van der Waals surface area contributed by atoms with Crippen molar-refractivity contribution in [3.8, 4) is 11.5 Å². The predicted octanol–water partition coefficient (Wildman–Crippen LogP) is 2.53. The number of aliphatic imine (C=N–C) groups is 1. The van der Waals surface area contributed by atoms with E-state index in [0.29, 0.717) is 19.1 Å². The fourth-order valence-electron chi connectivity index (χ4n) is 3.31. The highest BCUT2D eigenvalue weighted by molar-refractivity contribution is 5.79. The minimum absolute atomic E-state index is 0.634. The summed E-state index contributed by atoms with van der Waals surface area (Å²) in [6.07, 6.45) is 2.15. The molecule has 6 heteroatoms. The van der Waals surface area contributed by atoms with Crippen molar-refractivity contribution in [3.05, 3.63) is 23.8 Å². The Morgan fingerprint density at radius 3 is 2.59 bits per heavy atom. The van der Waals surface area contributed by atoms with Gasteiger partial charge in [-0.05, 0) is 70.8 Å². The van der Waals surface area contributed by atoms with Crippen LogP contribution in [0.1, 0.15) is 32.8 Å². The summed E-state index contributed by atoms with van der Waals surface area (Å²) in [5.74, 6) is 3.21. The lowest BCUT2D eigenvalue weighted by Gasteiger charge is -2.14. The maximum Gasteiger partial charge on any atom is 0.191 e. The lowest BCUT2D eigenvalue weighted by Crippen LogP contribution is -2.38. The van der Waals surface area contributed by atoms with E-state index < -0.39 is 0 Å². The fourth-order valence-corrected chi connectivity index (χ4v) is 3.31. The first-order chi connectivity index (χ1) is 13.2. The summed E-state index contributed by atoms with van der Waals surface area (Å²) in [5, 5.41) is 6.79. The van der Waals surface area contributed by atoms with Crippen LogP contribution in [0.3, 0.4) is 0 Å². The molecule has 2 rings (SSSR count). The molecule has 2 N–H and O–H groups in total. The van der Waals surface area contributed by atoms with Crippen LogP contribution in [0.4, 0.5) is 0 Å². The number of guanidine groups is 1. The van der Waals surface area contributed by atoms with Gasteiger partial charge < -0.3 is 25.0 Å². The molecule has 1 unspecified atom stereocenters. The smallest absolute Gasteiger partial charge is 0.191 e. The van der Waals surface area contributed by atoms with Gasteiger partial charge in [0.2, 0.25) is 0 Å². The zero-order valence-electron chi connectivity index (χ0n) is 17.4. The van der Waals surface area contributed by atoms with Crippen molar-refractivity contribution < 1.29 is 9.47 Å². The largest absolute Gasteiger partial charge is 0.490 e. The summed E-state index contributed by atoms with van der Waals surface area (Å²) < 4.78 is 11.3. The van der Waals surface area contributed by atoms with Crippen molar-refractivity contribution in [3.63, 3.8) is 0 Å². The zero-order valence-corrected chi connectivity index (χ0v) is 17.4. The summed E-state index contributed by atoms with van der Waals surface area (Å²) in [5.41, 5.74) is 1.22. The van der Waals surface area contributed by atoms with Gasteiger partial charge in [-0.1, -0.05) is 6.07 Å². The summed E-state index contributed by atoms with van der Waals surface area (Å²) in [6, 6.07) is 6.18. The molecule has 0 radical (unpaired) electrons. The molecular weight excluding hydrogens is 340 g/mol. The lowest BCUT2D eigenvalue weighted by molar-refractivity contribution is 0.287. The van der Waals surface area contributed by atoms with Crippen molar-refractivity contribution in [2.24, 2.45) is 10.9 Å². The molecule has 1 aromatic rings. The van der Waals surface area contributed by atoms with Crippen molar-refractivity contribution in [2.45, 2.75) is 33.6 Å². The second-order valence-electron chi connectivity index (χ2n) is 6.96. The maximum absolute atomic E-state index is 5.71. The molecule has 0 spiro atoms. The zero-order chi connectivity index (χ0) is 19.5. The molecule has 1 aromatic carbocycles. The van der Waals surface area contributed by atoms with E-state index in [0.717, 1.165) is 50.1 Å². The van der Waals surface area contributed by atoms with Crippen molar-refractivity contribution >= 4 is 5.96 Å². The number of hydrogen-bond donors (Lipinski definition) is 2. The van der Waals surface area contributed by atoms with Crippen LogP contribution in [-0.4, -0.2) is 63.8 Å². The Morgan fingerprint density at radius 2 is 1.93 bits per heavy atom. The number of hydrogen-bond acceptors (Lipinski definition) is 4. The van der Waals surface area contributed by atoms with Gasteiger partial charge in [0, 0.05) is 26.2 Å². The van der Waals surface area contributed by atoms with Gasteiger partial charge in [0.1, 0.15) is 0 Å². The molecule has 1 aliphatic heterocycles. The third-order valence-electron chi connectivity index (χ3n) is 4.65. The SMILES string of the molecule is CCNC(=NCC1CCN(C)C1)NCCc1ccc(OCC)c(OCC)c1. The van der Waals surface area contributed by atoms with Crippen molar-refractivity contribution in [2.75, 3.05) is 53.0 Å². The van der Waals surface area contributed by atoms with Gasteiger partial charge in [-0.15, -0.1) is 0 Å². The Kier molecular flexibility index (Phi) is 9.25. The van der Waals surface area contributed by atoms with Gasteiger partial charge in [-0.3, -0.25) is 4.99 Å². The molecule has 0 bridgehead atoms. The number of rotatable bonds is 10. The van der Waals surface area contributed by atoms with Gasteiger partial charge in [0.25, 0.3) is 0 Å². The second-order valence-corrected chi connectivity index (χ2v) is 6.96. The van der Waals surface area contributed by atoms with E-state index in [-0.39, 0.29) is 0 Å². The van der Waals surface area contributed by atoms with Gasteiger partial charge in [0.05, 0.1) is 13.2 Å². The van der Waals surface area contributed by atoms with Crippen LogP contribution in [-0.2, 0) is 6.42 Å². The molecule has 0 aliphatic carbocycles. The van der Waals surface area contributed by atoms with Crippen LogP contribution in [0.15, 0.2) is 23.2 Å². The molecule has 1 heterocycles. The summed E-state index contributed by atoms with van der Waals surface area (Å²) in [4.78, 5) is 7.15. The molecule has 0 saturated carbocycles. The first-order valence-electron chi connectivity index (χ1n) is 10.2. The summed E-state index contributed by atoms with van der Waals surface area (Å²) >= 11 is 0. The number of nitrogens with one attached hydrogen (secondary N) is 2. The van der Waals surface area contributed by atoms with E-state index >= 15 is 0 Å². The Morgan fingerprint density at radius 1 is 1.15 bits per heavy atom. The predicted molar refractivity (Wildman–Crippen MR) is 112 cm³/mol. The average Bonchev–Trinajstić information content (AvgIpc) is 3.07. The number of benzene rings is 1. The molecule has 1 aliphatic rings. The highest BCUT2D eigenvalue weighted by Gasteiger charge is 2.18. The Bertz CT molecular complexity index is 592. The minimum Gasteiger partial charge on any atom is -0.490 e. The van der Waals surface area contributed by atoms with Crippen LogP contribution in [0.25, 0.3) is 0 Å². The number of likely N-dealkylation sites (tertiary alicyclic amines) is 1. The molecule has 0 aromatic heterocycles. The monoisotopic (exact) mass is 376 g/mol. The van der Waals surface area contributed by atoms with Crippen LogP contribution in [0, 0.1) is 5.92 Å².